The minimum absolute atomic E-state index is 0.0489. The molecule has 21 heavy (non-hydrogen) atoms. The normalized spacial score (nSPS) is 19.2. The average Bonchev–Trinajstić information content (AvgIpc) is 3.37. The molecule has 0 amide bonds. The summed E-state index contributed by atoms with van der Waals surface area (Å²) >= 11 is 0. The van der Waals surface area contributed by atoms with E-state index < -0.39 is 0 Å². The predicted molar refractivity (Wildman–Crippen MR) is 79.6 cm³/mol. The molecule has 0 spiro atoms. The molecule has 0 bridgehead atoms. The Morgan fingerprint density at radius 3 is 2.57 bits per heavy atom. The van der Waals surface area contributed by atoms with Crippen LogP contribution in [0.1, 0.15) is 36.8 Å². The maximum absolute atomic E-state index is 13.3. The summed E-state index contributed by atoms with van der Waals surface area (Å²) in [5, 5.41) is 15.2. The quantitative estimate of drug-likeness (QED) is 0.313. The summed E-state index contributed by atoms with van der Waals surface area (Å²) in [7, 11) is 0. The van der Waals surface area contributed by atoms with Gasteiger partial charge in [0.05, 0.1) is 0 Å². The van der Waals surface area contributed by atoms with E-state index in [1.54, 1.807) is 6.07 Å². The Morgan fingerprint density at radius 1 is 1.33 bits per heavy atom. The molecule has 4 nitrogen and oxygen atoms in total. The van der Waals surface area contributed by atoms with Gasteiger partial charge in [0.1, 0.15) is 5.82 Å². The zero-order valence-electron chi connectivity index (χ0n) is 12.1. The Balaban J connectivity index is 1.61. The van der Waals surface area contributed by atoms with E-state index in [0.717, 1.165) is 29.9 Å². The second-order valence-electron chi connectivity index (χ2n) is 6.26. The van der Waals surface area contributed by atoms with Crippen LogP contribution < -0.4 is 11.1 Å². The molecule has 0 aliphatic heterocycles. The molecule has 0 radical (unpaired) electrons. The summed E-state index contributed by atoms with van der Waals surface area (Å²) in [6.07, 6.45) is 5.48. The minimum Gasteiger partial charge on any atom is -0.409 e. The predicted octanol–water partition coefficient (Wildman–Crippen LogP) is 2.45. The Morgan fingerprint density at radius 2 is 2.00 bits per heavy atom. The van der Waals surface area contributed by atoms with Gasteiger partial charge in [0.25, 0.3) is 0 Å². The summed E-state index contributed by atoms with van der Waals surface area (Å²) in [6.45, 7) is 1.62. The molecule has 1 aromatic carbocycles. The molecule has 2 aliphatic carbocycles. The Hall–Kier alpha value is -1.62. The Kier molecular flexibility index (Phi) is 4.10. The summed E-state index contributed by atoms with van der Waals surface area (Å²) in [5.74, 6) is 2.17. The van der Waals surface area contributed by atoms with Crippen LogP contribution in [0.3, 0.4) is 0 Å². The van der Waals surface area contributed by atoms with E-state index in [4.69, 9.17) is 10.9 Å². The highest BCUT2D eigenvalue weighted by atomic mass is 19.1. The van der Waals surface area contributed by atoms with Crippen molar-refractivity contribution in [3.63, 3.8) is 0 Å². The third kappa shape index (κ3) is 3.53. The molecule has 2 saturated carbocycles. The van der Waals surface area contributed by atoms with Gasteiger partial charge in [-0.1, -0.05) is 11.2 Å². The maximum Gasteiger partial charge on any atom is 0.170 e. The number of benzene rings is 1. The van der Waals surface area contributed by atoms with Crippen molar-refractivity contribution in [2.45, 2.75) is 32.2 Å². The van der Waals surface area contributed by atoms with Crippen LogP contribution in [0.5, 0.6) is 0 Å². The van der Waals surface area contributed by atoms with Crippen molar-refractivity contribution in [3.05, 3.63) is 35.1 Å². The number of hydrogen-bond acceptors (Lipinski definition) is 3. The molecule has 0 heterocycles. The summed E-state index contributed by atoms with van der Waals surface area (Å²) in [5.41, 5.74) is 6.93. The van der Waals surface area contributed by atoms with Gasteiger partial charge in [-0.15, -0.1) is 0 Å². The van der Waals surface area contributed by atoms with Crippen LogP contribution in [-0.2, 0) is 6.54 Å². The summed E-state index contributed by atoms with van der Waals surface area (Å²) in [6, 6.07) is 4.41. The van der Waals surface area contributed by atoms with E-state index in [2.05, 4.69) is 10.5 Å². The van der Waals surface area contributed by atoms with E-state index in [1.165, 1.54) is 37.8 Å². The number of nitrogens with one attached hydrogen (secondary N) is 1. The lowest BCUT2D eigenvalue weighted by atomic mass is 9.97. The largest absolute Gasteiger partial charge is 0.409 e. The highest BCUT2D eigenvalue weighted by molar-refractivity contribution is 5.98. The first-order chi connectivity index (χ1) is 10.2. The SMILES string of the molecule is NC(=NO)c1cc(F)ccc1CNCC(C1CC1)C1CC1. The number of oxime groups is 1. The van der Waals surface area contributed by atoms with Gasteiger partial charge in [0, 0.05) is 12.1 Å². The molecule has 5 heteroatoms. The van der Waals surface area contributed by atoms with Crippen molar-refractivity contribution < 1.29 is 9.60 Å². The lowest BCUT2D eigenvalue weighted by Crippen LogP contribution is -2.26. The first kappa shape index (κ1) is 14.3. The van der Waals surface area contributed by atoms with Crippen LogP contribution in [-0.4, -0.2) is 17.6 Å². The lowest BCUT2D eigenvalue weighted by molar-refractivity contribution is 0.318. The van der Waals surface area contributed by atoms with E-state index in [-0.39, 0.29) is 11.7 Å². The summed E-state index contributed by atoms with van der Waals surface area (Å²) in [4.78, 5) is 0. The highest BCUT2D eigenvalue weighted by Crippen LogP contribution is 2.48. The number of nitrogens with zero attached hydrogens (tertiary/aromatic N) is 1. The van der Waals surface area contributed by atoms with E-state index in [9.17, 15) is 4.39 Å². The van der Waals surface area contributed by atoms with Gasteiger partial charge >= 0.3 is 0 Å². The molecule has 3 rings (SSSR count). The molecule has 0 aromatic heterocycles. The van der Waals surface area contributed by atoms with E-state index in [1.807, 2.05) is 0 Å². The smallest absolute Gasteiger partial charge is 0.170 e. The second-order valence-corrected chi connectivity index (χ2v) is 6.26. The molecule has 4 N–H and O–H groups in total. The van der Waals surface area contributed by atoms with Gasteiger partial charge in [0.15, 0.2) is 5.84 Å². The molecule has 1 aromatic rings. The van der Waals surface area contributed by atoms with Crippen LogP contribution in [0, 0.1) is 23.6 Å². The third-order valence-corrected chi connectivity index (χ3v) is 4.61. The molecule has 0 atom stereocenters. The fourth-order valence-corrected chi connectivity index (χ4v) is 3.14. The van der Waals surface area contributed by atoms with Crippen LogP contribution in [0.15, 0.2) is 23.4 Å². The van der Waals surface area contributed by atoms with Crippen molar-refractivity contribution in [2.24, 2.45) is 28.6 Å². The molecular formula is C16H22FN3O. The topological polar surface area (TPSA) is 70.6 Å². The van der Waals surface area contributed by atoms with Gasteiger partial charge in [-0.3, -0.25) is 0 Å². The van der Waals surface area contributed by atoms with Gasteiger partial charge in [-0.05, 0) is 67.7 Å². The molecule has 2 aliphatic rings. The fraction of sp³-hybridized carbons (Fsp3) is 0.562. The molecule has 114 valence electrons. The third-order valence-electron chi connectivity index (χ3n) is 4.61. The van der Waals surface area contributed by atoms with Crippen molar-refractivity contribution in [2.75, 3.05) is 6.54 Å². The number of hydrogen-bond donors (Lipinski definition) is 3. The lowest BCUT2D eigenvalue weighted by Gasteiger charge is -2.17. The standard InChI is InChI=1S/C16H22FN3O/c17-13-6-5-12(14(7-13)16(18)20-21)8-19-9-15(10-1-2-10)11-3-4-11/h5-7,10-11,15,19,21H,1-4,8-9H2,(H2,18,20). The van der Waals surface area contributed by atoms with Gasteiger partial charge in [-0.25, -0.2) is 4.39 Å². The Labute approximate surface area is 124 Å². The second kappa shape index (κ2) is 6.02. The minimum atomic E-state index is -0.380. The highest BCUT2D eigenvalue weighted by Gasteiger charge is 2.40. The molecule has 2 fully saturated rings. The van der Waals surface area contributed by atoms with Gasteiger partial charge in [-0.2, -0.15) is 0 Å². The van der Waals surface area contributed by atoms with Crippen molar-refractivity contribution in [3.8, 4) is 0 Å². The number of rotatable bonds is 7. The van der Waals surface area contributed by atoms with Crippen LogP contribution >= 0.6 is 0 Å². The number of nitrogens with two attached hydrogens (primary N) is 1. The monoisotopic (exact) mass is 291 g/mol. The van der Waals surface area contributed by atoms with Gasteiger partial charge in [0.2, 0.25) is 0 Å². The van der Waals surface area contributed by atoms with Crippen molar-refractivity contribution in [1.82, 2.24) is 5.32 Å². The molecular weight excluding hydrogens is 269 g/mol. The van der Waals surface area contributed by atoms with E-state index >= 15 is 0 Å². The first-order valence-corrected chi connectivity index (χ1v) is 7.66. The van der Waals surface area contributed by atoms with Crippen molar-refractivity contribution in [1.29, 1.82) is 0 Å². The molecule has 0 saturated heterocycles. The molecule has 0 unspecified atom stereocenters. The number of amidine groups is 1. The van der Waals surface area contributed by atoms with Crippen LogP contribution in [0.2, 0.25) is 0 Å². The summed E-state index contributed by atoms with van der Waals surface area (Å²) < 4.78 is 13.3. The Bertz CT molecular complexity index is 526. The zero-order chi connectivity index (χ0) is 14.8. The van der Waals surface area contributed by atoms with Crippen LogP contribution in [0.4, 0.5) is 4.39 Å². The first-order valence-electron chi connectivity index (χ1n) is 7.66. The fourth-order valence-electron chi connectivity index (χ4n) is 3.14. The zero-order valence-corrected chi connectivity index (χ0v) is 12.1. The van der Waals surface area contributed by atoms with Gasteiger partial charge < -0.3 is 16.3 Å². The maximum atomic E-state index is 13.3. The van der Waals surface area contributed by atoms with Crippen LogP contribution in [0.25, 0.3) is 0 Å². The average molecular weight is 291 g/mol. The van der Waals surface area contributed by atoms with Crippen molar-refractivity contribution >= 4 is 5.84 Å². The number of halogens is 1. The van der Waals surface area contributed by atoms with E-state index in [0.29, 0.717) is 12.1 Å².